The minimum absolute atomic E-state index is 0. The van der Waals surface area contributed by atoms with Gasteiger partial charge in [-0.15, -0.1) is 0 Å². The maximum Gasteiger partial charge on any atom is 0.151 e. The van der Waals surface area contributed by atoms with Crippen molar-refractivity contribution >= 4 is 5.69 Å². The molecule has 2 nitrogen and oxygen atoms in total. The second-order valence-corrected chi connectivity index (χ2v) is 3.38. The summed E-state index contributed by atoms with van der Waals surface area (Å²) in [5.41, 5.74) is 2.39. The van der Waals surface area contributed by atoms with Crippen molar-refractivity contribution in [2.45, 2.75) is 6.92 Å². The third-order valence-electron chi connectivity index (χ3n) is 1.70. The molecule has 68 valence electrons. The zero-order chi connectivity index (χ0) is 8.48. The highest BCUT2D eigenvalue weighted by Gasteiger charge is 2.11. The van der Waals surface area contributed by atoms with Crippen LogP contribution < -0.4 is 22.8 Å². The molecule has 0 amide bonds. The van der Waals surface area contributed by atoms with Crippen LogP contribution in [0.4, 0.5) is 5.69 Å². The van der Waals surface area contributed by atoms with Gasteiger partial charge in [-0.05, 0) is 6.92 Å². The van der Waals surface area contributed by atoms with E-state index < -0.39 is 0 Å². The molecule has 0 bridgehead atoms. The van der Waals surface area contributed by atoms with Gasteiger partial charge in [0, 0.05) is 12.1 Å². The second kappa shape index (κ2) is 3.90. The van der Waals surface area contributed by atoms with Gasteiger partial charge in [-0.3, -0.25) is 0 Å². The Labute approximate surface area is 80.0 Å². The van der Waals surface area contributed by atoms with Gasteiger partial charge in [0.25, 0.3) is 0 Å². The Balaban J connectivity index is 0.00000121. The predicted molar refractivity (Wildman–Crippen MR) is 49.0 cm³/mol. The van der Waals surface area contributed by atoms with E-state index in [0.717, 1.165) is 5.69 Å². The van der Waals surface area contributed by atoms with Crippen LogP contribution in [0.15, 0.2) is 24.3 Å². The van der Waals surface area contributed by atoms with Crippen molar-refractivity contribution < 1.29 is 12.4 Å². The van der Waals surface area contributed by atoms with Crippen LogP contribution in [-0.2, 0) is 0 Å². The summed E-state index contributed by atoms with van der Waals surface area (Å²) in [6, 6.07) is 8.25. The lowest BCUT2D eigenvalue weighted by Gasteiger charge is -2.21. The molecule has 0 aromatic heterocycles. The third-order valence-corrected chi connectivity index (χ3v) is 1.70. The van der Waals surface area contributed by atoms with Gasteiger partial charge in [-0.2, -0.15) is 5.84 Å². The van der Waals surface area contributed by atoms with Gasteiger partial charge in [0.1, 0.15) is 0 Å². The molecule has 1 rings (SSSR count). The minimum Gasteiger partial charge on any atom is -1.00 e. The number of benzene rings is 1. The summed E-state index contributed by atoms with van der Waals surface area (Å²) in [5.74, 6) is 5.84. The van der Waals surface area contributed by atoms with E-state index in [1.165, 1.54) is 5.56 Å². The molecular weight excluding hydrogens is 172 g/mol. The van der Waals surface area contributed by atoms with Crippen LogP contribution in [0.1, 0.15) is 5.56 Å². The molecule has 0 aliphatic carbocycles. The van der Waals surface area contributed by atoms with Crippen molar-refractivity contribution in [2.24, 2.45) is 5.84 Å². The average Bonchev–Trinajstić information content (AvgIpc) is 1.86. The average molecular weight is 187 g/mol. The molecule has 12 heavy (non-hydrogen) atoms. The largest absolute Gasteiger partial charge is 1.00 e. The first kappa shape index (κ1) is 11.4. The number of quaternary nitrogens is 1. The molecule has 0 unspecified atom stereocenters. The minimum atomic E-state index is 0. The fourth-order valence-corrected chi connectivity index (χ4v) is 0.929. The van der Waals surface area contributed by atoms with Crippen molar-refractivity contribution in [1.82, 2.24) is 4.59 Å². The number of hydrogen-bond acceptors (Lipinski definition) is 1. The Hall–Kier alpha value is -0.570. The Morgan fingerprint density at radius 2 is 1.50 bits per heavy atom. The number of halogens is 1. The lowest BCUT2D eigenvalue weighted by molar-refractivity contribution is -0.00000280. The summed E-state index contributed by atoms with van der Waals surface area (Å²) in [6.45, 7) is 2.07. The van der Waals surface area contributed by atoms with Gasteiger partial charge >= 0.3 is 0 Å². The number of hydrogen-bond donors (Lipinski definition) is 1. The van der Waals surface area contributed by atoms with Crippen molar-refractivity contribution in [3.8, 4) is 0 Å². The van der Waals surface area contributed by atoms with Gasteiger partial charge in [-0.25, -0.2) is 4.59 Å². The first-order valence-corrected chi connectivity index (χ1v) is 3.70. The van der Waals surface area contributed by atoms with Gasteiger partial charge in [0.15, 0.2) is 5.69 Å². The van der Waals surface area contributed by atoms with Crippen molar-refractivity contribution in [3.63, 3.8) is 0 Å². The highest BCUT2D eigenvalue weighted by molar-refractivity contribution is 5.41. The normalized spacial score (nSPS) is 10.7. The van der Waals surface area contributed by atoms with Crippen LogP contribution in [-0.4, -0.2) is 14.1 Å². The Morgan fingerprint density at radius 3 is 1.83 bits per heavy atom. The van der Waals surface area contributed by atoms with E-state index in [1.807, 2.05) is 14.1 Å². The molecule has 0 fully saturated rings. The van der Waals surface area contributed by atoms with E-state index in [2.05, 4.69) is 31.2 Å². The molecule has 1 aromatic rings. The highest BCUT2D eigenvalue weighted by Crippen LogP contribution is 2.14. The van der Waals surface area contributed by atoms with Crippen molar-refractivity contribution in [3.05, 3.63) is 29.8 Å². The standard InChI is InChI=1S/C9H15N2.ClH/c1-8-4-6-9(7-5-8)11(2,3)10;/h4-7H,10H2,1-3H3;1H/q+1;/p-1. The van der Waals surface area contributed by atoms with Gasteiger partial charge in [0.2, 0.25) is 0 Å². The molecule has 0 saturated carbocycles. The van der Waals surface area contributed by atoms with Crippen LogP contribution >= 0.6 is 0 Å². The van der Waals surface area contributed by atoms with E-state index in [4.69, 9.17) is 5.84 Å². The molecule has 0 atom stereocenters. The monoisotopic (exact) mass is 186 g/mol. The van der Waals surface area contributed by atoms with E-state index in [-0.39, 0.29) is 12.4 Å². The molecule has 0 spiro atoms. The molecule has 0 aliphatic rings. The van der Waals surface area contributed by atoms with Crippen LogP contribution in [0.2, 0.25) is 0 Å². The molecule has 0 heterocycles. The van der Waals surface area contributed by atoms with Gasteiger partial charge in [-0.1, -0.05) is 17.7 Å². The molecular formula is C9H15ClN2. The van der Waals surface area contributed by atoms with Gasteiger partial charge < -0.3 is 12.4 Å². The lowest BCUT2D eigenvalue weighted by Crippen LogP contribution is -3.00. The van der Waals surface area contributed by atoms with Crippen molar-refractivity contribution in [1.29, 1.82) is 0 Å². The number of nitrogens with zero attached hydrogens (tertiary/aromatic N) is 1. The zero-order valence-electron chi connectivity index (χ0n) is 7.71. The first-order chi connectivity index (χ1) is 5.00. The summed E-state index contributed by atoms with van der Waals surface area (Å²) in [6.07, 6.45) is 0. The van der Waals surface area contributed by atoms with Crippen LogP contribution in [0, 0.1) is 6.92 Å². The lowest BCUT2D eigenvalue weighted by atomic mass is 10.2. The summed E-state index contributed by atoms with van der Waals surface area (Å²) in [7, 11) is 3.90. The van der Waals surface area contributed by atoms with E-state index in [0.29, 0.717) is 4.59 Å². The molecule has 0 aliphatic heterocycles. The molecule has 2 N–H and O–H groups in total. The SMILES string of the molecule is Cc1ccc([N+](C)(C)N)cc1.[Cl-]. The summed E-state index contributed by atoms with van der Waals surface area (Å²) < 4.78 is 0.389. The molecule has 0 saturated heterocycles. The summed E-state index contributed by atoms with van der Waals surface area (Å²) in [5, 5.41) is 0. The van der Waals surface area contributed by atoms with Gasteiger partial charge in [0.05, 0.1) is 14.1 Å². The molecule has 3 heteroatoms. The number of rotatable bonds is 1. The Kier molecular flexibility index (Phi) is 3.71. The van der Waals surface area contributed by atoms with Crippen molar-refractivity contribution in [2.75, 3.05) is 14.1 Å². The third kappa shape index (κ3) is 2.81. The quantitative estimate of drug-likeness (QED) is 0.321. The Morgan fingerprint density at radius 1 is 1.08 bits per heavy atom. The van der Waals surface area contributed by atoms with Crippen LogP contribution in [0.25, 0.3) is 0 Å². The fourth-order valence-electron chi connectivity index (χ4n) is 0.929. The topological polar surface area (TPSA) is 26.0 Å². The zero-order valence-corrected chi connectivity index (χ0v) is 8.47. The molecule has 0 radical (unpaired) electrons. The first-order valence-electron chi connectivity index (χ1n) is 3.70. The highest BCUT2D eigenvalue weighted by atomic mass is 35.5. The number of aryl methyl sites for hydroxylation is 1. The Bertz CT molecular complexity index is 236. The molecule has 1 aromatic carbocycles. The predicted octanol–water partition coefficient (Wildman–Crippen LogP) is -1.56. The van der Waals surface area contributed by atoms with E-state index >= 15 is 0 Å². The van der Waals surface area contributed by atoms with Crippen LogP contribution in [0.3, 0.4) is 0 Å². The smallest absolute Gasteiger partial charge is 0.151 e. The summed E-state index contributed by atoms with van der Waals surface area (Å²) in [4.78, 5) is 0. The number of nitrogens with two attached hydrogens (primary N) is 1. The maximum absolute atomic E-state index is 5.84. The van der Waals surface area contributed by atoms with E-state index in [1.54, 1.807) is 0 Å². The second-order valence-electron chi connectivity index (χ2n) is 3.38. The van der Waals surface area contributed by atoms with E-state index in [9.17, 15) is 0 Å². The maximum atomic E-state index is 5.84. The summed E-state index contributed by atoms with van der Waals surface area (Å²) >= 11 is 0. The van der Waals surface area contributed by atoms with Crippen LogP contribution in [0.5, 0.6) is 0 Å². The fraction of sp³-hybridized carbons (Fsp3) is 0.333.